The lowest BCUT2D eigenvalue weighted by atomic mass is 9.85. The molecule has 0 saturated heterocycles. The van der Waals surface area contributed by atoms with E-state index in [4.69, 9.17) is 38.9 Å². The van der Waals surface area contributed by atoms with Crippen molar-refractivity contribution in [3.63, 3.8) is 0 Å². The molecule has 2 atom stereocenters. The van der Waals surface area contributed by atoms with Crippen molar-refractivity contribution in [1.82, 2.24) is 19.5 Å². The second-order valence-electron chi connectivity index (χ2n) is 9.15. The average Bonchev–Trinajstić information content (AvgIpc) is 3.38. The van der Waals surface area contributed by atoms with Gasteiger partial charge in [0, 0.05) is 18.0 Å². The van der Waals surface area contributed by atoms with Crippen LogP contribution in [0.2, 0.25) is 10.0 Å². The van der Waals surface area contributed by atoms with Crippen molar-refractivity contribution in [3.05, 3.63) is 34.4 Å². The molecule has 3 aromatic rings. The minimum Gasteiger partial charge on any atom is -0.393 e. The van der Waals surface area contributed by atoms with E-state index in [2.05, 4.69) is 20.2 Å². The van der Waals surface area contributed by atoms with Crippen molar-refractivity contribution in [2.24, 2.45) is 11.7 Å². The summed E-state index contributed by atoms with van der Waals surface area (Å²) in [6.45, 7) is 0. The van der Waals surface area contributed by atoms with Crippen LogP contribution in [-0.2, 0) is 4.79 Å². The van der Waals surface area contributed by atoms with Gasteiger partial charge in [0.2, 0.25) is 17.8 Å². The Morgan fingerprint density at radius 3 is 2.47 bits per heavy atom. The highest BCUT2D eigenvalue weighted by atomic mass is 35.5. The first kappa shape index (κ1) is 23.1. The molecule has 2 aliphatic rings. The number of rotatable bonds is 6. The first-order valence-corrected chi connectivity index (χ1v) is 12.3. The molecule has 0 spiro atoms. The number of aliphatic hydroxyl groups excluding tert-OH is 1. The number of nitrogens with one attached hydrogen (secondary N) is 2. The number of carbonyl (C=O) groups is 1. The maximum absolute atomic E-state index is 11.7. The maximum atomic E-state index is 11.7. The van der Waals surface area contributed by atoms with Crippen molar-refractivity contribution < 1.29 is 9.90 Å². The van der Waals surface area contributed by atoms with Crippen molar-refractivity contribution in [3.8, 4) is 0 Å². The normalized spacial score (nSPS) is 24.9. The van der Waals surface area contributed by atoms with Crippen LogP contribution in [0.1, 0.15) is 51.0 Å². The molecular formula is C23H27Cl2N7O2. The van der Waals surface area contributed by atoms with E-state index in [0.29, 0.717) is 58.1 Å². The first-order chi connectivity index (χ1) is 16.4. The van der Waals surface area contributed by atoms with E-state index in [0.717, 1.165) is 25.7 Å². The number of imidazole rings is 1. The third-order valence-corrected chi connectivity index (χ3v) is 7.46. The van der Waals surface area contributed by atoms with Gasteiger partial charge in [-0.2, -0.15) is 4.98 Å². The van der Waals surface area contributed by atoms with E-state index < -0.39 is 0 Å². The SMILES string of the molecule is NC(=O)[C@H]1CC[C@H](n2c(Nc3c(Cl)cccc3Cl)nc3cnc(N[C@H]4CC[C@H](O)C4)nc32)CC1. The number of benzene rings is 1. The maximum Gasteiger partial charge on any atom is 0.224 e. The minimum atomic E-state index is -0.289. The quantitative estimate of drug-likeness (QED) is 0.391. The molecule has 2 saturated carbocycles. The molecule has 11 heteroatoms. The van der Waals surface area contributed by atoms with Crippen LogP contribution >= 0.6 is 23.2 Å². The summed E-state index contributed by atoms with van der Waals surface area (Å²) in [4.78, 5) is 25.7. The summed E-state index contributed by atoms with van der Waals surface area (Å²) in [5, 5.41) is 17.5. The second-order valence-corrected chi connectivity index (χ2v) is 9.96. The number of hydrogen-bond acceptors (Lipinski definition) is 7. The molecule has 180 valence electrons. The number of nitrogens with two attached hydrogens (primary N) is 1. The van der Waals surface area contributed by atoms with Crippen LogP contribution in [0, 0.1) is 5.92 Å². The first-order valence-electron chi connectivity index (χ1n) is 11.6. The van der Waals surface area contributed by atoms with Gasteiger partial charge in [-0.25, -0.2) is 9.97 Å². The van der Waals surface area contributed by atoms with E-state index in [-0.39, 0.29) is 30.0 Å². The standard InChI is InChI=1S/C23H27Cl2N7O2/c24-16-2-1-3-17(25)19(16)30-23-29-18-11-27-22(28-13-6-9-15(33)10-13)31-21(18)32(23)14-7-4-12(5-8-14)20(26)34/h1-3,11-15,33H,4-10H2,(H2,26,34)(H,29,30)(H,27,28,31)/t12-,13-,14-,15-/m0/s1. The van der Waals surface area contributed by atoms with Gasteiger partial charge in [0.05, 0.1) is 28.0 Å². The van der Waals surface area contributed by atoms with Gasteiger partial charge < -0.3 is 21.5 Å². The number of para-hydroxylation sites is 1. The lowest BCUT2D eigenvalue weighted by molar-refractivity contribution is -0.122. The van der Waals surface area contributed by atoms with Gasteiger partial charge >= 0.3 is 0 Å². The number of halogens is 2. The summed E-state index contributed by atoms with van der Waals surface area (Å²) < 4.78 is 2.06. The number of nitrogens with zero attached hydrogens (tertiary/aromatic N) is 4. The molecule has 1 amide bonds. The molecule has 5 N–H and O–H groups in total. The van der Waals surface area contributed by atoms with E-state index >= 15 is 0 Å². The number of primary amides is 1. The Kier molecular flexibility index (Phi) is 6.50. The second kappa shape index (κ2) is 9.56. The lowest BCUT2D eigenvalue weighted by Crippen LogP contribution is -2.28. The number of aliphatic hydroxyl groups is 1. The zero-order chi connectivity index (χ0) is 23.8. The molecule has 9 nitrogen and oxygen atoms in total. The largest absolute Gasteiger partial charge is 0.393 e. The Balaban J connectivity index is 1.52. The average molecular weight is 504 g/mol. The number of amides is 1. The molecule has 0 aliphatic heterocycles. The third kappa shape index (κ3) is 4.64. The Hall–Kier alpha value is -2.62. The summed E-state index contributed by atoms with van der Waals surface area (Å²) in [5.41, 5.74) is 7.44. The molecule has 1 aromatic carbocycles. The molecule has 0 radical (unpaired) electrons. The zero-order valence-corrected chi connectivity index (χ0v) is 20.1. The Morgan fingerprint density at radius 2 is 1.82 bits per heavy atom. The van der Waals surface area contributed by atoms with Crippen molar-refractivity contribution in [2.75, 3.05) is 10.6 Å². The van der Waals surface area contributed by atoms with E-state index in [9.17, 15) is 9.90 Å². The predicted molar refractivity (Wildman–Crippen MR) is 133 cm³/mol. The van der Waals surface area contributed by atoms with Gasteiger partial charge in [-0.3, -0.25) is 9.36 Å². The van der Waals surface area contributed by atoms with Gasteiger partial charge in [0.25, 0.3) is 0 Å². The predicted octanol–water partition coefficient (Wildman–Crippen LogP) is 4.42. The van der Waals surface area contributed by atoms with Gasteiger partial charge in [-0.15, -0.1) is 0 Å². The fourth-order valence-electron chi connectivity index (χ4n) is 5.01. The lowest BCUT2D eigenvalue weighted by Gasteiger charge is -2.29. The van der Waals surface area contributed by atoms with Crippen molar-refractivity contribution in [2.45, 2.75) is 63.1 Å². The summed E-state index contributed by atoms with van der Waals surface area (Å²) in [6, 6.07) is 5.51. The topological polar surface area (TPSA) is 131 Å². The highest BCUT2D eigenvalue weighted by Crippen LogP contribution is 2.39. The van der Waals surface area contributed by atoms with E-state index in [1.54, 1.807) is 24.4 Å². The number of aromatic nitrogens is 4. The van der Waals surface area contributed by atoms with Crippen molar-refractivity contribution >= 4 is 57.9 Å². The fourth-order valence-corrected chi connectivity index (χ4v) is 5.51. The van der Waals surface area contributed by atoms with E-state index in [1.807, 2.05) is 0 Å². The smallest absolute Gasteiger partial charge is 0.224 e. The summed E-state index contributed by atoms with van der Waals surface area (Å²) >= 11 is 12.8. The molecule has 34 heavy (non-hydrogen) atoms. The molecular weight excluding hydrogens is 477 g/mol. The summed E-state index contributed by atoms with van der Waals surface area (Å²) in [5.74, 6) is 0.708. The monoisotopic (exact) mass is 503 g/mol. The summed E-state index contributed by atoms with van der Waals surface area (Å²) in [7, 11) is 0. The molecule has 2 heterocycles. The van der Waals surface area contributed by atoms with Crippen LogP contribution in [-0.4, -0.2) is 42.7 Å². The molecule has 2 aromatic heterocycles. The summed E-state index contributed by atoms with van der Waals surface area (Å²) in [6.07, 6.45) is 6.69. The van der Waals surface area contributed by atoms with Crippen molar-refractivity contribution in [1.29, 1.82) is 0 Å². The number of hydrogen-bond donors (Lipinski definition) is 4. The number of carbonyl (C=O) groups excluding carboxylic acids is 1. The Morgan fingerprint density at radius 1 is 1.09 bits per heavy atom. The molecule has 2 aliphatic carbocycles. The molecule has 2 fully saturated rings. The van der Waals surface area contributed by atoms with Gasteiger partial charge in [-0.05, 0) is 57.1 Å². The van der Waals surface area contributed by atoms with Crippen LogP contribution in [0.3, 0.4) is 0 Å². The van der Waals surface area contributed by atoms with Crippen LogP contribution in [0.25, 0.3) is 11.2 Å². The van der Waals surface area contributed by atoms with Gasteiger partial charge in [0.1, 0.15) is 5.52 Å². The van der Waals surface area contributed by atoms with E-state index in [1.165, 1.54) is 0 Å². The Bertz CT molecular complexity index is 1190. The van der Waals surface area contributed by atoms with Gasteiger partial charge in [0.15, 0.2) is 5.65 Å². The zero-order valence-electron chi connectivity index (χ0n) is 18.5. The highest BCUT2D eigenvalue weighted by molar-refractivity contribution is 6.39. The van der Waals surface area contributed by atoms with Crippen LogP contribution < -0.4 is 16.4 Å². The third-order valence-electron chi connectivity index (χ3n) is 6.83. The van der Waals surface area contributed by atoms with Crippen LogP contribution in [0.5, 0.6) is 0 Å². The number of fused-ring (bicyclic) bond motifs is 1. The molecule has 5 rings (SSSR count). The fraction of sp³-hybridized carbons (Fsp3) is 0.478. The highest BCUT2D eigenvalue weighted by Gasteiger charge is 2.30. The molecule has 0 unspecified atom stereocenters. The van der Waals surface area contributed by atoms with Gasteiger partial charge in [-0.1, -0.05) is 29.3 Å². The number of anilines is 3. The van der Waals surface area contributed by atoms with Crippen LogP contribution in [0.15, 0.2) is 24.4 Å². The molecule has 0 bridgehead atoms. The minimum absolute atomic E-state index is 0.0698. The Labute approximate surface area is 207 Å². The van der Waals surface area contributed by atoms with Crippen LogP contribution in [0.4, 0.5) is 17.6 Å².